The Morgan fingerprint density at radius 2 is 1.68 bits per heavy atom. The lowest BCUT2D eigenvalue weighted by Crippen LogP contribution is -2.12. The van der Waals surface area contributed by atoms with Crippen molar-refractivity contribution >= 4 is 43.2 Å². The molecule has 0 unspecified atom stereocenters. The maximum Gasteiger partial charge on any atom is 0.161 e. The smallest absolute Gasteiger partial charge is 0.161 e. The number of benzene rings is 3. The van der Waals surface area contributed by atoms with Gasteiger partial charge in [-0.3, -0.25) is 4.98 Å². The number of rotatable bonds is 4. The highest BCUT2D eigenvalue weighted by Gasteiger charge is 2.23. The molecule has 0 atom stereocenters. The molecule has 0 saturated heterocycles. The van der Waals surface area contributed by atoms with E-state index in [1.165, 1.54) is 48.0 Å². The molecule has 6 rings (SSSR count). The number of aromatic nitrogens is 1. The monoisotopic (exact) mass is 517 g/mol. The van der Waals surface area contributed by atoms with Gasteiger partial charge in [0.1, 0.15) is 11.5 Å². The molecule has 6 aromatic rings. The first-order valence-electron chi connectivity index (χ1n) is 13.6. The van der Waals surface area contributed by atoms with Crippen LogP contribution in [0.5, 0.6) is 0 Å². The summed E-state index contributed by atoms with van der Waals surface area (Å²) in [5.41, 5.74) is 8.00. The summed E-state index contributed by atoms with van der Waals surface area (Å²) in [6, 6.07) is 22.2. The molecule has 0 spiro atoms. The summed E-state index contributed by atoms with van der Waals surface area (Å²) in [5.74, 6) is 1.61. The maximum atomic E-state index is 6.79. The molecule has 0 bridgehead atoms. The molecular formula is C35H35NOS. The number of thiophene rings is 1. The van der Waals surface area contributed by atoms with Crippen molar-refractivity contribution in [1.82, 2.24) is 4.98 Å². The lowest BCUT2D eigenvalue weighted by molar-refractivity contribution is 0.596. The van der Waals surface area contributed by atoms with E-state index in [2.05, 4.69) is 109 Å². The fourth-order valence-electron chi connectivity index (χ4n) is 5.80. The lowest BCUT2D eigenvalue weighted by Gasteiger charge is -2.22. The first-order chi connectivity index (χ1) is 18.1. The van der Waals surface area contributed by atoms with Crippen molar-refractivity contribution in [2.24, 2.45) is 5.92 Å². The largest absolute Gasteiger partial charge is 0.453 e. The molecule has 0 aliphatic heterocycles. The fourth-order valence-corrected chi connectivity index (χ4v) is 6.93. The molecule has 0 fully saturated rings. The predicted molar refractivity (Wildman–Crippen MR) is 164 cm³/mol. The summed E-state index contributed by atoms with van der Waals surface area (Å²) in [6.07, 6.45) is 3.02. The number of fused-ring (bicyclic) bond motifs is 3. The number of nitrogens with zero attached hydrogens (tertiary/aromatic N) is 1. The Morgan fingerprint density at radius 1 is 0.895 bits per heavy atom. The number of hydrogen-bond donors (Lipinski definition) is 0. The van der Waals surface area contributed by atoms with Crippen LogP contribution in [-0.4, -0.2) is 4.98 Å². The average molecular weight is 518 g/mol. The zero-order chi connectivity index (χ0) is 26.8. The molecule has 0 N–H and O–H groups in total. The molecule has 0 radical (unpaired) electrons. The quantitative estimate of drug-likeness (QED) is 0.232. The SMILES string of the molecule is Cc1sc2cc(CC(C)C)ccc2c1-c1oc2c(-c3cc(C(C)(C)C)c4ccccc4c3)nccc2c1C. The number of furan rings is 1. The normalized spacial score (nSPS) is 12.4. The standard InChI is InChI=1S/C35H35NOS/c1-20(2)16-23-12-13-28-30(17-23)38-22(4)31(28)33-21(3)26-14-15-36-32(34(26)37-33)25-18-24-10-8-9-11-27(24)29(19-25)35(5,6)7/h8-15,17-20H,16H2,1-7H3. The van der Waals surface area contributed by atoms with E-state index in [0.29, 0.717) is 5.92 Å². The lowest BCUT2D eigenvalue weighted by atomic mass is 9.82. The van der Waals surface area contributed by atoms with E-state index < -0.39 is 0 Å². The summed E-state index contributed by atoms with van der Waals surface area (Å²) in [6.45, 7) is 15.8. The molecule has 3 heteroatoms. The van der Waals surface area contributed by atoms with Crippen molar-refractivity contribution in [1.29, 1.82) is 0 Å². The molecule has 3 heterocycles. The predicted octanol–water partition coefficient (Wildman–Crippen LogP) is 10.6. The fraction of sp³-hybridized carbons (Fsp3) is 0.286. The zero-order valence-electron chi connectivity index (χ0n) is 23.4. The van der Waals surface area contributed by atoms with Crippen LogP contribution in [0.4, 0.5) is 0 Å². The van der Waals surface area contributed by atoms with Gasteiger partial charge < -0.3 is 4.42 Å². The van der Waals surface area contributed by atoms with Crippen LogP contribution in [-0.2, 0) is 11.8 Å². The highest BCUT2D eigenvalue weighted by molar-refractivity contribution is 7.19. The second kappa shape index (κ2) is 9.10. The van der Waals surface area contributed by atoms with Gasteiger partial charge in [-0.2, -0.15) is 0 Å². The first-order valence-corrected chi connectivity index (χ1v) is 14.4. The van der Waals surface area contributed by atoms with E-state index in [1.54, 1.807) is 0 Å². The van der Waals surface area contributed by atoms with Gasteiger partial charge in [-0.15, -0.1) is 11.3 Å². The van der Waals surface area contributed by atoms with Crippen molar-refractivity contribution in [2.45, 2.75) is 60.3 Å². The van der Waals surface area contributed by atoms with Crippen LogP contribution in [0.25, 0.3) is 54.4 Å². The molecule has 3 aromatic carbocycles. The Labute approximate surface area is 229 Å². The van der Waals surface area contributed by atoms with Gasteiger partial charge in [-0.05, 0) is 77.8 Å². The number of hydrogen-bond acceptors (Lipinski definition) is 3. The number of pyridine rings is 1. The molecular weight excluding hydrogens is 482 g/mol. The van der Waals surface area contributed by atoms with E-state index in [1.807, 2.05) is 17.5 Å². The molecule has 0 amide bonds. The Kier molecular flexibility index (Phi) is 5.96. The molecule has 3 aromatic heterocycles. The van der Waals surface area contributed by atoms with Crippen LogP contribution in [0.3, 0.4) is 0 Å². The third kappa shape index (κ3) is 4.14. The Hall–Kier alpha value is -3.43. The van der Waals surface area contributed by atoms with Gasteiger partial charge in [0.05, 0.1) is 0 Å². The highest BCUT2D eigenvalue weighted by atomic mass is 32.1. The van der Waals surface area contributed by atoms with Crippen LogP contribution < -0.4 is 0 Å². The third-order valence-electron chi connectivity index (χ3n) is 7.60. The minimum Gasteiger partial charge on any atom is -0.453 e. The molecule has 0 aliphatic rings. The van der Waals surface area contributed by atoms with Crippen molar-refractivity contribution in [2.75, 3.05) is 0 Å². The van der Waals surface area contributed by atoms with Gasteiger partial charge >= 0.3 is 0 Å². The second-order valence-electron chi connectivity index (χ2n) is 12.0. The van der Waals surface area contributed by atoms with Crippen molar-refractivity contribution in [3.05, 3.63) is 88.4 Å². The van der Waals surface area contributed by atoms with Crippen LogP contribution in [0.2, 0.25) is 0 Å². The van der Waals surface area contributed by atoms with Gasteiger partial charge in [0.2, 0.25) is 0 Å². The Balaban J connectivity index is 1.56. The Morgan fingerprint density at radius 3 is 2.45 bits per heavy atom. The average Bonchev–Trinajstić information content (AvgIpc) is 3.37. The van der Waals surface area contributed by atoms with Crippen LogP contribution in [0.1, 0.15) is 56.2 Å². The summed E-state index contributed by atoms with van der Waals surface area (Å²) in [7, 11) is 0. The summed E-state index contributed by atoms with van der Waals surface area (Å²) in [5, 5.41) is 4.93. The van der Waals surface area contributed by atoms with Crippen molar-refractivity contribution < 1.29 is 4.42 Å². The molecule has 192 valence electrons. The van der Waals surface area contributed by atoms with Crippen LogP contribution in [0, 0.1) is 19.8 Å². The molecule has 38 heavy (non-hydrogen) atoms. The van der Waals surface area contributed by atoms with Gasteiger partial charge in [0.25, 0.3) is 0 Å². The van der Waals surface area contributed by atoms with Gasteiger partial charge in [-0.25, -0.2) is 0 Å². The Bertz CT molecular complexity index is 1830. The van der Waals surface area contributed by atoms with E-state index in [4.69, 9.17) is 9.40 Å². The van der Waals surface area contributed by atoms with Crippen molar-refractivity contribution in [3.8, 4) is 22.6 Å². The summed E-state index contributed by atoms with van der Waals surface area (Å²) < 4.78 is 8.13. The zero-order valence-corrected chi connectivity index (χ0v) is 24.2. The second-order valence-corrected chi connectivity index (χ2v) is 13.3. The van der Waals surface area contributed by atoms with E-state index in [0.717, 1.165) is 34.4 Å². The minimum absolute atomic E-state index is 0.00881. The first kappa shape index (κ1) is 24.9. The number of aryl methyl sites for hydroxylation is 2. The summed E-state index contributed by atoms with van der Waals surface area (Å²) >= 11 is 1.86. The van der Waals surface area contributed by atoms with Gasteiger partial charge in [-0.1, -0.05) is 71.0 Å². The third-order valence-corrected chi connectivity index (χ3v) is 8.67. The molecule has 0 saturated carbocycles. The summed E-state index contributed by atoms with van der Waals surface area (Å²) in [4.78, 5) is 6.17. The van der Waals surface area contributed by atoms with Crippen molar-refractivity contribution in [3.63, 3.8) is 0 Å². The minimum atomic E-state index is 0.00881. The van der Waals surface area contributed by atoms with Gasteiger partial charge in [0, 0.05) is 43.2 Å². The van der Waals surface area contributed by atoms with Crippen LogP contribution in [0.15, 0.2) is 71.3 Å². The van der Waals surface area contributed by atoms with E-state index >= 15 is 0 Å². The van der Waals surface area contributed by atoms with E-state index in [9.17, 15) is 0 Å². The highest BCUT2D eigenvalue weighted by Crippen LogP contribution is 2.45. The van der Waals surface area contributed by atoms with Crippen LogP contribution >= 0.6 is 11.3 Å². The van der Waals surface area contributed by atoms with Gasteiger partial charge in [0.15, 0.2) is 5.58 Å². The molecule has 0 aliphatic carbocycles. The topological polar surface area (TPSA) is 26.0 Å². The molecule has 2 nitrogen and oxygen atoms in total. The van der Waals surface area contributed by atoms with E-state index in [-0.39, 0.29) is 5.41 Å². The maximum absolute atomic E-state index is 6.79.